The van der Waals surface area contributed by atoms with E-state index < -0.39 is 0 Å². The maximum absolute atomic E-state index is 12.5. The molecule has 170 valence electrons. The molecule has 33 heavy (non-hydrogen) atoms. The van der Waals surface area contributed by atoms with E-state index in [1.54, 1.807) is 54.6 Å². The normalized spacial score (nSPS) is 11.9. The Kier molecular flexibility index (Phi) is 6.64. The van der Waals surface area contributed by atoms with E-state index >= 15 is 0 Å². The molecule has 1 aliphatic rings. The molecule has 0 aromatic heterocycles. The van der Waals surface area contributed by atoms with Crippen molar-refractivity contribution in [3.8, 4) is 17.2 Å². The number of anilines is 3. The van der Waals surface area contributed by atoms with E-state index in [2.05, 4.69) is 10.6 Å². The van der Waals surface area contributed by atoms with Gasteiger partial charge in [0.1, 0.15) is 19.0 Å². The molecule has 0 saturated heterocycles. The number of fused-ring (bicyclic) bond motifs is 1. The molecular formula is C25H25N3O5. The Morgan fingerprint density at radius 3 is 2.30 bits per heavy atom. The van der Waals surface area contributed by atoms with Crippen LogP contribution >= 0.6 is 0 Å². The summed E-state index contributed by atoms with van der Waals surface area (Å²) in [4.78, 5) is 26.8. The van der Waals surface area contributed by atoms with E-state index in [4.69, 9.17) is 14.2 Å². The topological polar surface area (TPSA) is 89.1 Å². The zero-order chi connectivity index (χ0) is 23.2. The summed E-state index contributed by atoms with van der Waals surface area (Å²) < 4.78 is 16.6. The first-order valence-electron chi connectivity index (χ1n) is 10.5. The van der Waals surface area contributed by atoms with Gasteiger partial charge >= 0.3 is 0 Å². The van der Waals surface area contributed by atoms with Gasteiger partial charge in [0.05, 0.1) is 0 Å². The van der Waals surface area contributed by atoms with E-state index in [0.29, 0.717) is 47.4 Å². The summed E-state index contributed by atoms with van der Waals surface area (Å²) in [7, 11) is 3.88. The zero-order valence-corrected chi connectivity index (χ0v) is 18.5. The SMILES string of the molecule is CN(C)c1ccc(C(=O)Nc2cccc(NC(=O)COc3ccc4c(c3)OCCO4)c2)cc1. The Morgan fingerprint density at radius 1 is 0.879 bits per heavy atom. The monoisotopic (exact) mass is 447 g/mol. The van der Waals surface area contributed by atoms with Crippen LogP contribution in [-0.4, -0.2) is 45.7 Å². The molecule has 1 aliphatic heterocycles. The highest BCUT2D eigenvalue weighted by Gasteiger charge is 2.13. The molecule has 4 rings (SSSR count). The molecule has 0 fully saturated rings. The summed E-state index contributed by atoms with van der Waals surface area (Å²) in [5.74, 6) is 1.21. The Bertz CT molecular complexity index is 1150. The molecule has 0 aliphatic carbocycles. The van der Waals surface area contributed by atoms with Gasteiger partial charge in [0.25, 0.3) is 11.8 Å². The molecule has 0 saturated carbocycles. The van der Waals surface area contributed by atoms with Gasteiger partial charge in [-0.25, -0.2) is 0 Å². The van der Waals surface area contributed by atoms with Crippen molar-refractivity contribution in [2.24, 2.45) is 0 Å². The van der Waals surface area contributed by atoms with Crippen molar-refractivity contribution in [3.63, 3.8) is 0 Å². The molecule has 3 aromatic rings. The molecule has 2 N–H and O–H groups in total. The molecule has 1 heterocycles. The van der Waals surface area contributed by atoms with Gasteiger partial charge in [-0.2, -0.15) is 0 Å². The number of amides is 2. The molecular weight excluding hydrogens is 422 g/mol. The molecule has 8 nitrogen and oxygen atoms in total. The summed E-state index contributed by atoms with van der Waals surface area (Å²) in [6.07, 6.45) is 0. The van der Waals surface area contributed by atoms with Crippen LogP contribution in [0.4, 0.5) is 17.1 Å². The van der Waals surface area contributed by atoms with Crippen LogP contribution in [0.5, 0.6) is 17.2 Å². The van der Waals surface area contributed by atoms with Crippen molar-refractivity contribution in [2.45, 2.75) is 0 Å². The Labute approximate surface area is 192 Å². The fourth-order valence-electron chi connectivity index (χ4n) is 3.25. The fraction of sp³-hybridized carbons (Fsp3) is 0.200. The number of nitrogens with zero attached hydrogens (tertiary/aromatic N) is 1. The zero-order valence-electron chi connectivity index (χ0n) is 18.5. The molecule has 2 amide bonds. The third-order valence-corrected chi connectivity index (χ3v) is 4.93. The highest BCUT2D eigenvalue weighted by atomic mass is 16.6. The second-order valence-electron chi connectivity index (χ2n) is 7.62. The average molecular weight is 447 g/mol. The van der Waals surface area contributed by atoms with Crippen LogP contribution in [0.2, 0.25) is 0 Å². The lowest BCUT2D eigenvalue weighted by Crippen LogP contribution is -2.20. The largest absolute Gasteiger partial charge is 0.486 e. The highest BCUT2D eigenvalue weighted by Crippen LogP contribution is 2.33. The number of ether oxygens (including phenoxy) is 3. The maximum atomic E-state index is 12.5. The first-order chi connectivity index (χ1) is 16.0. The van der Waals surface area contributed by atoms with Crippen molar-refractivity contribution in [3.05, 3.63) is 72.3 Å². The van der Waals surface area contributed by atoms with Crippen molar-refractivity contribution < 1.29 is 23.8 Å². The minimum absolute atomic E-state index is 0.172. The van der Waals surface area contributed by atoms with Gasteiger partial charge in [-0.15, -0.1) is 0 Å². The van der Waals surface area contributed by atoms with Crippen LogP contribution < -0.4 is 29.7 Å². The van der Waals surface area contributed by atoms with Crippen LogP contribution in [0.1, 0.15) is 10.4 Å². The molecule has 0 radical (unpaired) electrons. The summed E-state index contributed by atoms with van der Waals surface area (Å²) >= 11 is 0. The molecule has 3 aromatic carbocycles. The molecule has 0 bridgehead atoms. The summed E-state index contributed by atoms with van der Waals surface area (Å²) in [5, 5.41) is 5.62. The minimum Gasteiger partial charge on any atom is -0.486 e. The molecule has 0 atom stereocenters. The molecule has 0 unspecified atom stereocenters. The third kappa shape index (κ3) is 5.74. The average Bonchev–Trinajstić information content (AvgIpc) is 2.83. The van der Waals surface area contributed by atoms with Gasteiger partial charge in [0.2, 0.25) is 0 Å². The van der Waals surface area contributed by atoms with E-state index in [1.807, 2.05) is 31.1 Å². The number of carbonyl (C=O) groups excluding carboxylic acids is 2. The van der Waals surface area contributed by atoms with Crippen molar-refractivity contribution in [1.29, 1.82) is 0 Å². The van der Waals surface area contributed by atoms with Crippen LogP contribution in [0.25, 0.3) is 0 Å². The first kappa shape index (κ1) is 22.0. The van der Waals surface area contributed by atoms with Crippen LogP contribution in [0.15, 0.2) is 66.7 Å². The second kappa shape index (κ2) is 9.95. The highest BCUT2D eigenvalue weighted by molar-refractivity contribution is 6.05. The number of hydrogen-bond donors (Lipinski definition) is 2. The van der Waals surface area contributed by atoms with E-state index in [0.717, 1.165) is 5.69 Å². The lowest BCUT2D eigenvalue weighted by molar-refractivity contribution is -0.118. The molecule has 0 spiro atoms. The Balaban J connectivity index is 1.32. The van der Waals surface area contributed by atoms with Gasteiger partial charge in [-0.1, -0.05) is 6.07 Å². The Hall–Kier alpha value is -4.20. The second-order valence-corrected chi connectivity index (χ2v) is 7.62. The number of hydrogen-bond acceptors (Lipinski definition) is 6. The first-order valence-corrected chi connectivity index (χ1v) is 10.5. The van der Waals surface area contributed by atoms with Crippen LogP contribution in [0, 0.1) is 0 Å². The van der Waals surface area contributed by atoms with Crippen LogP contribution in [-0.2, 0) is 4.79 Å². The van der Waals surface area contributed by atoms with E-state index in [1.165, 1.54) is 0 Å². The van der Waals surface area contributed by atoms with Crippen molar-refractivity contribution >= 4 is 28.9 Å². The van der Waals surface area contributed by atoms with Crippen LogP contribution in [0.3, 0.4) is 0 Å². The predicted octanol–water partition coefficient (Wildman–Crippen LogP) is 3.79. The molecule has 8 heteroatoms. The number of carbonyl (C=O) groups is 2. The summed E-state index contributed by atoms with van der Waals surface area (Å²) in [6.45, 7) is 0.817. The van der Waals surface area contributed by atoms with E-state index in [9.17, 15) is 9.59 Å². The van der Waals surface area contributed by atoms with Gasteiger partial charge in [0, 0.05) is 42.8 Å². The third-order valence-electron chi connectivity index (χ3n) is 4.93. The minimum atomic E-state index is -0.326. The quantitative estimate of drug-likeness (QED) is 0.573. The van der Waals surface area contributed by atoms with Gasteiger partial charge in [-0.05, 0) is 54.6 Å². The standard InChI is InChI=1S/C25H25N3O5/c1-28(2)20-8-6-17(7-9-20)25(30)27-19-5-3-4-18(14-19)26-24(29)16-33-21-10-11-22-23(15-21)32-13-12-31-22/h3-11,14-15H,12-13,16H2,1-2H3,(H,26,29)(H,27,30). The van der Waals surface area contributed by atoms with Gasteiger partial charge in [-0.3, -0.25) is 9.59 Å². The maximum Gasteiger partial charge on any atom is 0.262 e. The lowest BCUT2D eigenvalue weighted by atomic mass is 10.2. The van der Waals surface area contributed by atoms with Gasteiger partial charge in [0.15, 0.2) is 18.1 Å². The van der Waals surface area contributed by atoms with Crippen molar-refractivity contribution in [2.75, 3.05) is 49.4 Å². The Morgan fingerprint density at radius 2 is 1.58 bits per heavy atom. The fourth-order valence-corrected chi connectivity index (χ4v) is 3.25. The van der Waals surface area contributed by atoms with Gasteiger partial charge < -0.3 is 29.7 Å². The summed E-state index contributed by atoms with van der Waals surface area (Å²) in [5.41, 5.74) is 2.67. The lowest BCUT2D eigenvalue weighted by Gasteiger charge is -2.18. The smallest absolute Gasteiger partial charge is 0.262 e. The van der Waals surface area contributed by atoms with E-state index in [-0.39, 0.29) is 18.4 Å². The summed E-state index contributed by atoms with van der Waals surface area (Å²) in [6, 6.07) is 19.4. The number of rotatable bonds is 7. The van der Waals surface area contributed by atoms with Crippen molar-refractivity contribution in [1.82, 2.24) is 0 Å². The number of nitrogens with one attached hydrogen (secondary N) is 2. The predicted molar refractivity (Wildman–Crippen MR) is 127 cm³/mol. The number of benzene rings is 3.